The third-order valence-corrected chi connectivity index (χ3v) is 4.14. The molecule has 5 heteroatoms. The van der Waals surface area contributed by atoms with Crippen LogP contribution >= 0.6 is 11.6 Å². The molecule has 138 valence electrons. The van der Waals surface area contributed by atoms with E-state index in [1.807, 2.05) is 25.1 Å². The highest BCUT2D eigenvalue weighted by molar-refractivity contribution is 6.30. The van der Waals surface area contributed by atoms with Gasteiger partial charge in [-0.25, -0.2) is 0 Å². The van der Waals surface area contributed by atoms with E-state index in [1.54, 1.807) is 18.2 Å². The first kappa shape index (κ1) is 20.4. The Labute approximate surface area is 165 Å². The Bertz CT molecular complexity index is 905. The summed E-state index contributed by atoms with van der Waals surface area (Å²) >= 11 is 6.01. The maximum atomic E-state index is 8.95. The van der Waals surface area contributed by atoms with Crippen LogP contribution in [0.15, 0.2) is 42.0 Å². The molecule has 0 N–H and O–H groups in total. The fraction of sp³-hybridized carbons (Fsp3) is 0.273. The van der Waals surface area contributed by atoms with Crippen LogP contribution < -0.4 is 9.47 Å². The second-order valence-electron chi connectivity index (χ2n) is 6.36. The van der Waals surface area contributed by atoms with E-state index in [0.29, 0.717) is 35.5 Å². The molecular formula is C22H21ClN2O2. The van der Waals surface area contributed by atoms with Gasteiger partial charge < -0.3 is 9.47 Å². The van der Waals surface area contributed by atoms with E-state index in [4.69, 9.17) is 31.6 Å². The molecule has 0 unspecified atom stereocenters. The van der Waals surface area contributed by atoms with Gasteiger partial charge in [0.2, 0.25) is 0 Å². The summed E-state index contributed by atoms with van der Waals surface area (Å²) in [7, 11) is 0. The summed E-state index contributed by atoms with van der Waals surface area (Å²) in [5, 5.41) is 18.4. The molecule has 27 heavy (non-hydrogen) atoms. The van der Waals surface area contributed by atoms with Crippen molar-refractivity contribution in [3.05, 3.63) is 63.7 Å². The lowest BCUT2D eigenvalue weighted by Crippen LogP contribution is -2.11. The topological polar surface area (TPSA) is 66.0 Å². The summed E-state index contributed by atoms with van der Waals surface area (Å²) in [6, 6.07) is 14.9. The summed E-state index contributed by atoms with van der Waals surface area (Å²) in [6.07, 6.45) is 1.46. The third-order valence-electron chi connectivity index (χ3n) is 3.90. The van der Waals surface area contributed by atoms with E-state index in [2.05, 4.69) is 26.0 Å². The first-order chi connectivity index (χ1) is 12.9. The van der Waals surface area contributed by atoms with Crippen molar-refractivity contribution in [2.45, 2.75) is 26.7 Å². The molecule has 0 bridgehead atoms. The lowest BCUT2D eigenvalue weighted by molar-refractivity contribution is 0.215. The summed E-state index contributed by atoms with van der Waals surface area (Å²) in [4.78, 5) is 0. The lowest BCUT2D eigenvalue weighted by Gasteiger charge is -2.15. The predicted octanol–water partition coefficient (Wildman–Crippen LogP) is 5.66. The van der Waals surface area contributed by atoms with Gasteiger partial charge in [0.1, 0.15) is 42.4 Å². The molecule has 0 aliphatic carbocycles. The minimum Gasteiger partial charge on any atom is -0.490 e. The van der Waals surface area contributed by atoms with E-state index in [0.717, 1.165) is 16.9 Å². The van der Waals surface area contributed by atoms with Crippen molar-refractivity contribution >= 4 is 17.7 Å². The number of aryl methyl sites for hydroxylation is 1. The molecule has 2 aromatic carbocycles. The molecular weight excluding hydrogens is 360 g/mol. The second kappa shape index (κ2) is 9.67. The van der Waals surface area contributed by atoms with Crippen molar-refractivity contribution in [2.75, 3.05) is 13.2 Å². The molecule has 4 nitrogen and oxygen atoms in total. The van der Waals surface area contributed by atoms with Crippen molar-refractivity contribution in [3.63, 3.8) is 0 Å². The summed E-state index contributed by atoms with van der Waals surface area (Å²) in [5.74, 6) is 1.77. The van der Waals surface area contributed by atoms with Crippen molar-refractivity contribution in [1.82, 2.24) is 0 Å². The van der Waals surface area contributed by atoms with Gasteiger partial charge in [-0.05, 0) is 54.3 Å². The van der Waals surface area contributed by atoms with Gasteiger partial charge in [0.25, 0.3) is 0 Å². The zero-order valence-corrected chi connectivity index (χ0v) is 16.4. The highest BCUT2D eigenvalue weighted by Gasteiger charge is 2.09. The van der Waals surface area contributed by atoms with E-state index in [1.165, 1.54) is 6.08 Å². The number of nitrogens with zero attached hydrogens (tertiary/aromatic N) is 2. The number of benzene rings is 2. The molecule has 0 saturated carbocycles. The van der Waals surface area contributed by atoms with Crippen molar-refractivity contribution < 1.29 is 9.47 Å². The largest absolute Gasteiger partial charge is 0.490 e. The van der Waals surface area contributed by atoms with Crippen molar-refractivity contribution in [3.8, 4) is 23.6 Å². The zero-order chi connectivity index (χ0) is 19.8. The maximum absolute atomic E-state index is 8.95. The molecule has 2 rings (SSSR count). The number of halogens is 1. The van der Waals surface area contributed by atoms with Gasteiger partial charge in [-0.3, -0.25) is 0 Å². The van der Waals surface area contributed by atoms with Gasteiger partial charge in [-0.2, -0.15) is 10.5 Å². The smallest absolute Gasteiger partial charge is 0.130 e. The van der Waals surface area contributed by atoms with Crippen LogP contribution in [0.1, 0.15) is 36.5 Å². The van der Waals surface area contributed by atoms with E-state index < -0.39 is 0 Å². The van der Waals surface area contributed by atoms with Gasteiger partial charge in [-0.1, -0.05) is 37.6 Å². The molecule has 2 aromatic rings. The Morgan fingerprint density at radius 3 is 2.33 bits per heavy atom. The molecule has 0 spiro atoms. The van der Waals surface area contributed by atoms with E-state index in [9.17, 15) is 0 Å². The van der Waals surface area contributed by atoms with Gasteiger partial charge in [0.05, 0.1) is 0 Å². The minimum atomic E-state index is -0.0142. The monoisotopic (exact) mass is 380 g/mol. The van der Waals surface area contributed by atoms with Crippen LogP contribution in [0.4, 0.5) is 0 Å². The molecule has 0 atom stereocenters. The highest BCUT2D eigenvalue weighted by Crippen LogP contribution is 2.28. The van der Waals surface area contributed by atoms with Crippen LogP contribution in [-0.4, -0.2) is 13.2 Å². The predicted molar refractivity (Wildman–Crippen MR) is 107 cm³/mol. The van der Waals surface area contributed by atoms with Crippen LogP contribution in [0.25, 0.3) is 6.08 Å². The molecule has 0 fully saturated rings. The molecule has 0 aromatic heterocycles. The number of allylic oxidation sites excluding steroid dienone is 1. The normalized spacial score (nSPS) is 10.0. The van der Waals surface area contributed by atoms with Crippen LogP contribution in [-0.2, 0) is 0 Å². The summed E-state index contributed by atoms with van der Waals surface area (Å²) in [5.41, 5.74) is 2.86. The van der Waals surface area contributed by atoms with Crippen molar-refractivity contribution in [1.29, 1.82) is 10.5 Å². The molecule has 0 amide bonds. The first-order valence-electron chi connectivity index (χ1n) is 8.62. The Kier molecular flexibility index (Phi) is 7.29. The average molecular weight is 381 g/mol. The number of hydrogen-bond donors (Lipinski definition) is 0. The standard InChI is InChI=1S/C22H21ClN2O2/c1-15(2)20-6-4-16(3)10-22(20)27-9-8-26-21-7-5-19(23)12-18(21)11-17(13-24)14-25/h4-7,10-12,15H,8-9H2,1-3H3. The number of rotatable bonds is 7. The summed E-state index contributed by atoms with van der Waals surface area (Å²) in [6.45, 7) is 6.98. The van der Waals surface area contributed by atoms with Crippen LogP contribution in [0.5, 0.6) is 11.5 Å². The fourth-order valence-electron chi connectivity index (χ4n) is 2.56. The summed E-state index contributed by atoms with van der Waals surface area (Å²) < 4.78 is 11.7. The van der Waals surface area contributed by atoms with Crippen molar-refractivity contribution in [2.24, 2.45) is 0 Å². The van der Waals surface area contributed by atoms with E-state index >= 15 is 0 Å². The quantitative estimate of drug-likeness (QED) is 0.459. The van der Waals surface area contributed by atoms with E-state index in [-0.39, 0.29) is 5.57 Å². The SMILES string of the molecule is Cc1ccc(C(C)C)c(OCCOc2ccc(Cl)cc2C=C(C#N)C#N)c1. The molecule has 0 radical (unpaired) electrons. The number of hydrogen-bond acceptors (Lipinski definition) is 4. The van der Waals surface area contributed by atoms with Crippen LogP contribution in [0, 0.1) is 29.6 Å². The fourth-order valence-corrected chi connectivity index (χ4v) is 2.74. The first-order valence-corrected chi connectivity index (χ1v) is 9.00. The lowest BCUT2D eigenvalue weighted by atomic mass is 10.0. The molecule has 0 heterocycles. The zero-order valence-electron chi connectivity index (χ0n) is 15.6. The van der Waals surface area contributed by atoms with Gasteiger partial charge in [0, 0.05) is 10.6 Å². The average Bonchev–Trinajstić information content (AvgIpc) is 2.64. The third kappa shape index (κ3) is 5.78. The van der Waals surface area contributed by atoms with Gasteiger partial charge in [0.15, 0.2) is 0 Å². The van der Waals surface area contributed by atoms with Crippen LogP contribution in [0.3, 0.4) is 0 Å². The Morgan fingerprint density at radius 2 is 1.70 bits per heavy atom. The number of nitriles is 2. The number of ether oxygens (including phenoxy) is 2. The highest BCUT2D eigenvalue weighted by atomic mass is 35.5. The molecule has 0 aliphatic rings. The molecule has 0 aliphatic heterocycles. The van der Waals surface area contributed by atoms with Gasteiger partial charge in [-0.15, -0.1) is 0 Å². The second-order valence-corrected chi connectivity index (χ2v) is 6.79. The molecule has 0 saturated heterocycles. The Hall–Kier alpha value is -2.95. The maximum Gasteiger partial charge on any atom is 0.130 e. The Morgan fingerprint density at radius 1 is 1.04 bits per heavy atom. The Balaban J connectivity index is 2.07. The van der Waals surface area contributed by atoms with Crippen LogP contribution in [0.2, 0.25) is 5.02 Å². The minimum absolute atomic E-state index is 0.0142. The van der Waals surface area contributed by atoms with Gasteiger partial charge >= 0.3 is 0 Å².